The molecule has 31 heavy (non-hydrogen) atoms. The maximum absolute atomic E-state index is 13.3. The second-order valence-electron chi connectivity index (χ2n) is 9.17. The number of ether oxygens (including phenoxy) is 1. The van der Waals surface area contributed by atoms with Crippen molar-refractivity contribution in [3.8, 4) is 0 Å². The van der Waals surface area contributed by atoms with E-state index in [0.717, 1.165) is 19.2 Å². The molecule has 0 bridgehead atoms. The average molecular weight is 441 g/mol. The van der Waals surface area contributed by atoms with Crippen molar-refractivity contribution < 1.29 is 17.9 Å². The van der Waals surface area contributed by atoms with Gasteiger partial charge in [-0.25, -0.2) is 0 Å². The van der Waals surface area contributed by atoms with E-state index in [9.17, 15) is 13.2 Å². The van der Waals surface area contributed by atoms with E-state index < -0.39 is 17.2 Å². The van der Waals surface area contributed by atoms with Gasteiger partial charge in [0.05, 0.1) is 5.56 Å². The highest BCUT2D eigenvalue weighted by atomic mass is 19.4. The standard InChI is InChI=1S/C23H35F3N4O/c1-16(2)30-13-17(3)20(14-30)29-21(27-4)28-15-22(8-10-31-11-9-22)18-6-5-7-19(12-18)23(24,25)26/h5-7,12,16-17,20H,8-11,13-15H2,1-4H3,(H2,27,28,29). The minimum Gasteiger partial charge on any atom is -0.381 e. The summed E-state index contributed by atoms with van der Waals surface area (Å²) >= 11 is 0. The van der Waals surface area contributed by atoms with E-state index in [1.807, 2.05) is 0 Å². The van der Waals surface area contributed by atoms with Crippen LogP contribution < -0.4 is 10.6 Å². The van der Waals surface area contributed by atoms with Gasteiger partial charge in [-0.2, -0.15) is 13.2 Å². The van der Waals surface area contributed by atoms with E-state index in [0.29, 0.717) is 56.1 Å². The number of benzene rings is 1. The molecule has 174 valence electrons. The van der Waals surface area contributed by atoms with Crippen molar-refractivity contribution in [3.05, 3.63) is 35.4 Å². The zero-order valence-corrected chi connectivity index (χ0v) is 18.9. The lowest BCUT2D eigenvalue weighted by atomic mass is 9.73. The van der Waals surface area contributed by atoms with Crippen LogP contribution in [-0.4, -0.2) is 62.8 Å². The number of hydrogen-bond donors (Lipinski definition) is 2. The molecule has 8 heteroatoms. The highest BCUT2D eigenvalue weighted by Gasteiger charge is 2.38. The second-order valence-corrected chi connectivity index (χ2v) is 9.17. The van der Waals surface area contributed by atoms with Crippen LogP contribution >= 0.6 is 0 Å². The SMILES string of the molecule is CN=C(NCC1(c2cccc(C(F)(F)F)c2)CCOCC1)NC1CN(C(C)C)CC1C. The van der Waals surface area contributed by atoms with Crippen molar-refractivity contribution in [1.29, 1.82) is 0 Å². The molecule has 0 aromatic heterocycles. The van der Waals surface area contributed by atoms with Crippen molar-refractivity contribution >= 4 is 5.96 Å². The van der Waals surface area contributed by atoms with Crippen molar-refractivity contribution in [3.63, 3.8) is 0 Å². The van der Waals surface area contributed by atoms with Gasteiger partial charge in [0.1, 0.15) is 0 Å². The number of nitrogens with zero attached hydrogens (tertiary/aromatic N) is 2. The van der Waals surface area contributed by atoms with Gasteiger partial charge >= 0.3 is 6.18 Å². The Hall–Kier alpha value is -1.80. The molecule has 2 heterocycles. The van der Waals surface area contributed by atoms with E-state index in [1.165, 1.54) is 12.1 Å². The van der Waals surface area contributed by atoms with E-state index in [1.54, 1.807) is 13.1 Å². The zero-order chi connectivity index (χ0) is 22.6. The summed E-state index contributed by atoms with van der Waals surface area (Å²) in [6.07, 6.45) is -3.02. The molecular weight excluding hydrogens is 405 g/mol. The minimum absolute atomic E-state index is 0.285. The first-order valence-corrected chi connectivity index (χ1v) is 11.1. The minimum atomic E-state index is -4.35. The number of nitrogens with one attached hydrogen (secondary N) is 2. The Morgan fingerprint density at radius 3 is 2.55 bits per heavy atom. The van der Waals surface area contributed by atoms with Crippen molar-refractivity contribution in [2.45, 2.75) is 57.3 Å². The number of hydrogen-bond acceptors (Lipinski definition) is 3. The maximum atomic E-state index is 13.3. The number of alkyl halides is 3. The molecular formula is C23H35F3N4O. The van der Waals surface area contributed by atoms with E-state index in [4.69, 9.17) is 4.74 Å². The molecule has 0 aliphatic carbocycles. The first kappa shape index (κ1) is 23.9. The Labute approximate surface area is 183 Å². The van der Waals surface area contributed by atoms with Gasteiger partial charge in [-0.1, -0.05) is 25.1 Å². The quantitative estimate of drug-likeness (QED) is 0.542. The van der Waals surface area contributed by atoms with Crippen LogP contribution in [-0.2, 0) is 16.3 Å². The highest BCUT2D eigenvalue weighted by molar-refractivity contribution is 5.80. The summed E-state index contributed by atoms with van der Waals surface area (Å²) in [5.74, 6) is 1.18. The first-order chi connectivity index (χ1) is 14.6. The van der Waals surface area contributed by atoms with Gasteiger partial charge in [-0.3, -0.25) is 9.89 Å². The van der Waals surface area contributed by atoms with Gasteiger partial charge in [0, 0.05) is 57.4 Å². The first-order valence-electron chi connectivity index (χ1n) is 11.1. The predicted octanol–water partition coefficient (Wildman–Crippen LogP) is 3.65. The van der Waals surface area contributed by atoms with Crippen molar-refractivity contribution in [2.75, 3.05) is 39.9 Å². The lowest BCUT2D eigenvalue weighted by Gasteiger charge is -2.38. The molecule has 2 unspecified atom stereocenters. The third-order valence-corrected chi connectivity index (χ3v) is 6.76. The molecule has 3 rings (SSSR count). The number of rotatable bonds is 5. The topological polar surface area (TPSA) is 48.9 Å². The second kappa shape index (κ2) is 9.77. The Bertz CT molecular complexity index is 759. The average Bonchev–Trinajstić information content (AvgIpc) is 3.12. The highest BCUT2D eigenvalue weighted by Crippen LogP contribution is 2.37. The summed E-state index contributed by atoms with van der Waals surface area (Å²) in [6, 6.07) is 6.51. The molecule has 2 saturated heterocycles. The third-order valence-electron chi connectivity index (χ3n) is 6.76. The van der Waals surface area contributed by atoms with Gasteiger partial charge < -0.3 is 15.4 Å². The molecule has 0 radical (unpaired) electrons. The normalized spacial score (nSPS) is 25.1. The van der Waals surface area contributed by atoms with Crippen LogP contribution in [0.4, 0.5) is 13.2 Å². The molecule has 2 aliphatic rings. The summed E-state index contributed by atoms with van der Waals surface area (Å²) in [4.78, 5) is 6.83. The molecule has 2 N–H and O–H groups in total. The number of halogens is 3. The van der Waals surface area contributed by atoms with Crippen LogP contribution in [0.25, 0.3) is 0 Å². The number of likely N-dealkylation sites (tertiary alicyclic amines) is 1. The van der Waals surface area contributed by atoms with E-state index >= 15 is 0 Å². The molecule has 5 nitrogen and oxygen atoms in total. The molecule has 2 atom stereocenters. The third kappa shape index (κ3) is 5.71. The predicted molar refractivity (Wildman–Crippen MR) is 117 cm³/mol. The lowest BCUT2D eigenvalue weighted by Crippen LogP contribution is -2.51. The largest absolute Gasteiger partial charge is 0.416 e. The van der Waals surface area contributed by atoms with E-state index in [2.05, 4.69) is 41.3 Å². The maximum Gasteiger partial charge on any atom is 0.416 e. The summed E-state index contributed by atoms with van der Waals surface area (Å²) in [6.45, 7) is 10.2. The Morgan fingerprint density at radius 2 is 1.97 bits per heavy atom. The smallest absolute Gasteiger partial charge is 0.381 e. The fraction of sp³-hybridized carbons (Fsp3) is 0.696. The number of aliphatic imine (C=N–C) groups is 1. The Kier molecular flexibility index (Phi) is 7.52. The van der Waals surface area contributed by atoms with Crippen LogP contribution in [0.15, 0.2) is 29.3 Å². The summed E-state index contributed by atoms with van der Waals surface area (Å²) in [5, 5.41) is 6.94. The molecule has 1 aromatic carbocycles. The molecule has 0 spiro atoms. The Morgan fingerprint density at radius 1 is 1.26 bits per heavy atom. The van der Waals surface area contributed by atoms with Crippen LogP contribution in [0.1, 0.15) is 44.7 Å². The van der Waals surface area contributed by atoms with Crippen LogP contribution in [0.3, 0.4) is 0 Å². The Balaban J connectivity index is 1.73. The van der Waals surface area contributed by atoms with Gasteiger partial charge in [0.2, 0.25) is 0 Å². The number of guanidine groups is 1. The molecule has 2 aliphatic heterocycles. The fourth-order valence-corrected chi connectivity index (χ4v) is 4.59. The fourth-order valence-electron chi connectivity index (χ4n) is 4.59. The molecule has 0 saturated carbocycles. The van der Waals surface area contributed by atoms with Crippen LogP contribution in [0, 0.1) is 5.92 Å². The summed E-state index contributed by atoms with van der Waals surface area (Å²) < 4.78 is 45.5. The molecule has 0 amide bonds. The summed E-state index contributed by atoms with van der Waals surface area (Å²) in [5.41, 5.74) is -0.330. The van der Waals surface area contributed by atoms with Crippen molar-refractivity contribution in [1.82, 2.24) is 15.5 Å². The van der Waals surface area contributed by atoms with Crippen LogP contribution in [0.5, 0.6) is 0 Å². The van der Waals surface area contributed by atoms with Gasteiger partial charge in [0.25, 0.3) is 0 Å². The molecule has 1 aromatic rings. The lowest BCUT2D eigenvalue weighted by molar-refractivity contribution is -0.137. The van der Waals surface area contributed by atoms with Crippen LogP contribution in [0.2, 0.25) is 0 Å². The monoisotopic (exact) mass is 440 g/mol. The van der Waals surface area contributed by atoms with Crippen molar-refractivity contribution in [2.24, 2.45) is 10.9 Å². The zero-order valence-electron chi connectivity index (χ0n) is 18.9. The molecule has 2 fully saturated rings. The van der Waals surface area contributed by atoms with Gasteiger partial charge in [-0.05, 0) is 44.2 Å². The van der Waals surface area contributed by atoms with Gasteiger partial charge in [-0.15, -0.1) is 0 Å². The van der Waals surface area contributed by atoms with Gasteiger partial charge in [0.15, 0.2) is 5.96 Å². The van der Waals surface area contributed by atoms with E-state index in [-0.39, 0.29) is 6.04 Å². The summed E-state index contributed by atoms with van der Waals surface area (Å²) in [7, 11) is 1.73.